The fourth-order valence-electron chi connectivity index (χ4n) is 3.10. The van der Waals surface area contributed by atoms with E-state index in [0.29, 0.717) is 0 Å². The predicted octanol–water partition coefficient (Wildman–Crippen LogP) is 2.97. The van der Waals surface area contributed by atoms with Crippen LogP contribution in [0.5, 0.6) is 0 Å². The molecule has 2 rings (SSSR count). The molecule has 1 aromatic carbocycles. The first-order valence-corrected chi connectivity index (χ1v) is 8.31. The molecule has 3 nitrogen and oxygen atoms in total. The number of fused-ring (bicyclic) bond motifs is 1. The molecular formula is C18H30N2O. The van der Waals surface area contributed by atoms with E-state index in [-0.39, 0.29) is 12.1 Å². The molecule has 1 aliphatic rings. The summed E-state index contributed by atoms with van der Waals surface area (Å²) in [5.74, 6) is 0. The zero-order valence-electron chi connectivity index (χ0n) is 13.6. The van der Waals surface area contributed by atoms with Crippen molar-refractivity contribution in [2.24, 2.45) is 0 Å². The van der Waals surface area contributed by atoms with Crippen LogP contribution < -0.4 is 10.2 Å². The third-order valence-corrected chi connectivity index (χ3v) is 4.82. The largest absolute Gasteiger partial charge is 0.394 e. The molecule has 0 fully saturated rings. The van der Waals surface area contributed by atoms with Gasteiger partial charge in [0.15, 0.2) is 0 Å². The summed E-state index contributed by atoms with van der Waals surface area (Å²) in [5, 5.41) is 12.7. The number of hydrogen-bond acceptors (Lipinski definition) is 3. The Morgan fingerprint density at radius 1 is 1.24 bits per heavy atom. The van der Waals surface area contributed by atoms with Gasteiger partial charge in [0.1, 0.15) is 0 Å². The van der Waals surface area contributed by atoms with Crippen molar-refractivity contribution < 1.29 is 5.11 Å². The first-order chi connectivity index (χ1) is 10.2. The zero-order chi connectivity index (χ0) is 15.1. The molecule has 0 aliphatic carbocycles. The van der Waals surface area contributed by atoms with Gasteiger partial charge in [-0.05, 0) is 64.1 Å². The lowest BCUT2D eigenvalue weighted by Crippen LogP contribution is -2.43. The minimum atomic E-state index is -0.128. The van der Waals surface area contributed by atoms with Crippen LogP contribution in [0, 0.1) is 0 Å². The molecule has 1 aromatic rings. The molecule has 1 heterocycles. The van der Waals surface area contributed by atoms with E-state index in [1.54, 1.807) is 0 Å². The van der Waals surface area contributed by atoms with E-state index in [0.717, 1.165) is 19.4 Å². The highest BCUT2D eigenvalue weighted by atomic mass is 16.3. The number of nitrogens with one attached hydrogen (secondary N) is 1. The molecule has 1 atom stereocenters. The van der Waals surface area contributed by atoms with Crippen LogP contribution in [-0.2, 0) is 6.42 Å². The van der Waals surface area contributed by atoms with E-state index < -0.39 is 0 Å². The highest BCUT2D eigenvalue weighted by Crippen LogP contribution is 2.26. The van der Waals surface area contributed by atoms with Gasteiger partial charge in [-0.25, -0.2) is 0 Å². The number of hydrogen-bond donors (Lipinski definition) is 2. The van der Waals surface area contributed by atoms with Crippen molar-refractivity contribution >= 4 is 5.69 Å². The summed E-state index contributed by atoms with van der Waals surface area (Å²) in [4.78, 5) is 2.55. The summed E-state index contributed by atoms with van der Waals surface area (Å²) in [7, 11) is 1.93. The number of aliphatic hydroxyl groups is 1. The molecule has 0 spiro atoms. The van der Waals surface area contributed by atoms with Gasteiger partial charge in [0.05, 0.1) is 6.61 Å². The van der Waals surface area contributed by atoms with E-state index in [4.69, 9.17) is 0 Å². The standard InChI is InChI=1S/C18H30N2O/c1-18(15-21,19-2)12-6-8-14-20-13-7-5-10-16-9-3-4-11-17(16)20/h3-4,9,11,19,21H,5-8,10,12-15H2,1-2H3. The van der Waals surface area contributed by atoms with Crippen LogP contribution in [0.4, 0.5) is 5.69 Å². The van der Waals surface area contributed by atoms with Gasteiger partial charge >= 0.3 is 0 Å². The van der Waals surface area contributed by atoms with Crippen molar-refractivity contribution in [3.05, 3.63) is 29.8 Å². The van der Waals surface area contributed by atoms with Gasteiger partial charge in [-0.15, -0.1) is 0 Å². The monoisotopic (exact) mass is 290 g/mol. The number of para-hydroxylation sites is 1. The van der Waals surface area contributed by atoms with E-state index in [2.05, 4.69) is 41.4 Å². The second-order valence-electron chi connectivity index (χ2n) is 6.50. The lowest BCUT2D eigenvalue weighted by atomic mass is 9.96. The summed E-state index contributed by atoms with van der Waals surface area (Å²) in [5.41, 5.74) is 2.82. The number of aliphatic hydroxyl groups excluding tert-OH is 1. The van der Waals surface area contributed by atoms with E-state index >= 15 is 0 Å². The summed E-state index contributed by atoms with van der Waals surface area (Å²) in [6, 6.07) is 8.85. The SMILES string of the molecule is CNC(C)(CO)CCCCN1CCCCc2ccccc21. The first-order valence-electron chi connectivity index (χ1n) is 8.31. The van der Waals surface area contributed by atoms with Crippen LogP contribution in [0.25, 0.3) is 0 Å². The van der Waals surface area contributed by atoms with E-state index in [1.807, 2.05) is 7.05 Å². The van der Waals surface area contributed by atoms with Crippen LogP contribution in [0.2, 0.25) is 0 Å². The molecule has 1 unspecified atom stereocenters. The minimum Gasteiger partial charge on any atom is -0.394 e. The Morgan fingerprint density at radius 2 is 2.05 bits per heavy atom. The molecule has 0 saturated heterocycles. The molecule has 2 N–H and O–H groups in total. The number of unbranched alkanes of at least 4 members (excludes halogenated alkanes) is 1. The molecule has 21 heavy (non-hydrogen) atoms. The van der Waals surface area contributed by atoms with Crippen molar-refractivity contribution in [2.75, 3.05) is 31.6 Å². The molecule has 0 radical (unpaired) electrons. The van der Waals surface area contributed by atoms with Gasteiger partial charge < -0.3 is 15.3 Å². The van der Waals surface area contributed by atoms with Crippen LogP contribution in [0.3, 0.4) is 0 Å². The quantitative estimate of drug-likeness (QED) is 0.758. The van der Waals surface area contributed by atoms with Crippen molar-refractivity contribution in [1.29, 1.82) is 0 Å². The van der Waals surface area contributed by atoms with Gasteiger partial charge in [0.2, 0.25) is 0 Å². The van der Waals surface area contributed by atoms with Crippen LogP contribution in [0.15, 0.2) is 24.3 Å². The normalized spacial score (nSPS) is 18.0. The summed E-state index contributed by atoms with van der Waals surface area (Å²) >= 11 is 0. The molecule has 0 bridgehead atoms. The molecule has 0 amide bonds. The Balaban J connectivity index is 1.86. The zero-order valence-corrected chi connectivity index (χ0v) is 13.6. The van der Waals surface area contributed by atoms with Gasteiger partial charge in [-0.3, -0.25) is 0 Å². The van der Waals surface area contributed by atoms with E-state index in [9.17, 15) is 5.11 Å². The lowest BCUT2D eigenvalue weighted by molar-refractivity contribution is 0.171. The number of anilines is 1. The number of rotatable bonds is 7. The average Bonchev–Trinajstić information content (AvgIpc) is 2.74. The van der Waals surface area contributed by atoms with Crippen LogP contribution in [0.1, 0.15) is 44.6 Å². The van der Waals surface area contributed by atoms with Gasteiger partial charge in [-0.2, -0.15) is 0 Å². The Morgan fingerprint density at radius 3 is 2.81 bits per heavy atom. The lowest BCUT2D eigenvalue weighted by Gasteiger charge is -2.28. The highest BCUT2D eigenvalue weighted by molar-refractivity contribution is 5.54. The fourth-order valence-corrected chi connectivity index (χ4v) is 3.10. The molecule has 3 heteroatoms. The Labute approximate surface area is 129 Å². The van der Waals surface area contributed by atoms with E-state index in [1.165, 1.54) is 43.5 Å². The molecule has 0 saturated carbocycles. The number of benzene rings is 1. The second-order valence-corrected chi connectivity index (χ2v) is 6.50. The van der Waals surface area contributed by atoms with Crippen molar-refractivity contribution in [1.82, 2.24) is 5.32 Å². The Kier molecular flexibility index (Phi) is 6.07. The van der Waals surface area contributed by atoms with Crippen molar-refractivity contribution in [3.8, 4) is 0 Å². The third kappa shape index (κ3) is 4.45. The maximum Gasteiger partial charge on any atom is 0.0610 e. The second kappa shape index (κ2) is 7.81. The molecular weight excluding hydrogens is 260 g/mol. The highest BCUT2D eigenvalue weighted by Gasteiger charge is 2.20. The fraction of sp³-hybridized carbons (Fsp3) is 0.667. The van der Waals surface area contributed by atoms with Crippen molar-refractivity contribution in [3.63, 3.8) is 0 Å². The Bertz CT molecular complexity index is 429. The number of nitrogens with zero attached hydrogens (tertiary/aromatic N) is 1. The molecule has 0 aromatic heterocycles. The Hall–Kier alpha value is -1.06. The van der Waals surface area contributed by atoms with Crippen LogP contribution >= 0.6 is 0 Å². The van der Waals surface area contributed by atoms with Crippen LogP contribution in [-0.4, -0.2) is 37.4 Å². The third-order valence-electron chi connectivity index (χ3n) is 4.82. The molecule has 118 valence electrons. The predicted molar refractivity (Wildman–Crippen MR) is 90.0 cm³/mol. The summed E-state index contributed by atoms with van der Waals surface area (Å²) in [6.07, 6.45) is 7.17. The topological polar surface area (TPSA) is 35.5 Å². The van der Waals surface area contributed by atoms with Gasteiger partial charge in [0.25, 0.3) is 0 Å². The first kappa shape index (κ1) is 16.3. The van der Waals surface area contributed by atoms with Gasteiger partial charge in [-0.1, -0.05) is 18.2 Å². The number of aryl methyl sites for hydroxylation is 1. The van der Waals surface area contributed by atoms with Crippen molar-refractivity contribution in [2.45, 2.75) is 51.0 Å². The summed E-state index contributed by atoms with van der Waals surface area (Å²) in [6.45, 7) is 4.60. The maximum absolute atomic E-state index is 9.43. The van der Waals surface area contributed by atoms with Gasteiger partial charge in [0, 0.05) is 24.3 Å². The number of likely N-dealkylation sites (N-methyl/N-ethyl adjacent to an activating group) is 1. The summed E-state index contributed by atoms with van der Waals surface area (Å²) < 4.78 is 0. The average molecular weight is 290 g/mol. The molecule has 1 aliphatic heterocycles. The maximum atomic E-state index is 9.43. The smallest absolute Gasteiger partial charge is 0.0610 e. The minimum absolute atomic E-state index is 0.128.